The number of ether oxygens (including phenoxy) is 2. The fourth-order valence-corrected chi connectivity index (χ4v) is 1.82. The first-order valence-electron chi connectivity index (χ1n) is 7.03. The highest BCUT2D eigenvalue weighted by atomic mass is 16.5. The van der Waals surface area contributed by atoms with Crippen molar-refractivity contribution >= 4 is 11.8 Å². The van der Waals surface area contributed by atoms with Gasteiger partial charge in [0.2, 0.25) is 0 Å². The number of amides is 1. The van der Waals surface area contributed by atoms with E-state index in [0.29, 0.717) is 18.9 Å². The third-order valence-electron chi connectivity index (χ3n) is 2.92. The highest BCUT2D eigenvalue weighted by Gasteiger charge is 2.03. The summed E-state index contributed by atoms with van der Waals surface area (Å²) >= 11 is 0. The molecule has 0 radical (unpaired) electrons. The van der Waals surface area contributed by atoms with Crippen LogP contribution in [0.25, 0.3) is 0 Å². The lowest BCUT2D eigenvalue weighted by Crippen LogP contribution is -2.13. The molecule has 5 nitrogen and oxygen atoms in total. The molecule has 22 heavy (non-hydrogen) atoms. The van der Waals surface area contributed by atoms with Crippen LogP contribution < -0.4 is 5.32 Å². The van der Waals surface area contributed by atoms with Gasteiger partial charge in [-0.1, -0.05) is 42.5 Å². The van der Waals surface area contributed by atoms with E-state index in [4.69, 9.17) is 14.6 Å². The van der Waals surface area contributed by atoms with Crippen molar-refractivity contribution < 1.29 is 19.4 Å². The van der Waals surface area contributed by atoms with Crippen molar-refractivity contribution in [3.05, 3.63) is 65.7 Å². The molecule has 0 aliphatic rings. The lowest BCUT2D eigenvalue weighted by molar-refractivity contribution is 0.0815. The van der Waals surface area contributed by atoms with Crippen molar-refractivity contribution in [2.75, 3.05) is 18.5 Å². The summed E-state index contributed by atoms with van der Waals surface area (Å²) in [5, 5.41) is 11.3. The molecule has 0 fully saturated rings. The van der Waals surface area contributed by atoms with E-state index in [9.17, 15) is 4.79 Å². The molecule has 0 aliphatic carbocycles. The van der Waals surface area contributed by atoms with E-state index in [1.54, 1.807) is 12.1 Å². The maximum atomic E-state index is 11.7. The average molecular weight is 301 g/mol. The summed E-state index contributed by atoms with van der Waals surface area (Å²) in [7, 11) is 0. The molecule has 0 unspecified atom stereocenters. The molecule has 0 atom stereocenters. The number of benzene rings is 2. The first-order chi connectivity index (χ1) is 10.8. The standard InChI is InChI=1S/C17H19NO4/c19-10-11-21-12-15-6-8-16(9-7-15)18-17(20)22-13-14-4-2-1-3-5-14/h1-9,19H,10-13H2,(H,18,20). The molecule has 2 N–H and O–H groups in total. The van der Waals surface area contributed by atoms with E-state index in [2.05, 4.69) is 5.32 Å². The molecule has 1 amide bonds. The molecule has 2 rings (SSSR count). The summed E-state index contributed by atoms with van der Waals surface area (Å²) < 4.78 is 10.4. The molecule has 0 saturated heterocycles. The molecular formula is C17H19NO4. The van der Waals surface area contributed by atoms with Gasteiger partial charge in [-0.25, -0.2) is 4.79 Å². The maximum Gasteiger partial charge on any atom is 0.411 e. The lowest BCUT2D eigenvalue weighted by Gasteiger charge is -2.08. The second kappa shape index (κ2) is 8.81. The lowest BCUT2D eigenvalue weighted by atomic mass is 10.2. The van der Waals surface area contributed by atoms with Crippen LogP contribution in [0.1, 0.15) is 11.1 Å². The van der Waals surface area contributed by atoms with Crippen molar-refractivity contribution in [1.29, 1.82) is 0 Å². The molecule has 0 aliphatic heterocycles. The first-order valence-corrected chi connectivity index (χ1v) is 7.03. The van der Waals surface area contributed by atoms with E-state index in [0.717, 1.165) is 11.1 Å². The van der Waals surface area contributed by atoms with Gasteiger partial charge in [0.05, 0.1) is 19.8 Å². The number of anilines is 1. The van der Waals surface area contributed by atoms with Gasteiger partial charge in [-0.2, -0.15) is 0 Å². The van der Waals surface area contributed by atoms with E-state index in [1.165, 1.54) is 0 Å². The Kier molecular flexibility index (Phi) is 6.41. The van der Waals surface area contributed by atoms with Gasteiger partial charge in [0.15, 0.2) is 0 Å². The minimum Gasteiger partial charge on any atom is -0.444 e. The summed E-state index contributed by atoms with van der Waals surface area (Å²) in [6.45, 7) is 0.984. The van der Waals surface area contributed by atoms with E-state index in [-0.39, 0.29) is 13.2 Å². The number of hydrogen-bond donors (Lipinski definition) is 2. The second-order valence-electron chi connectivity index (χ2n) is 4.66. The third kappa shape index (κ3) is 5.55. The number of rotatable bonds is 7. The molecule has 0 aromatic heterocycles. The molecule has 0 heterocycles. The summed E-state index contributed by atoms with van der Waals surface area (Å²) in [4.78, 5) is 11.7. The molecule has 0 bridgehead atoms. The minimum absolute atomic E-state index is 0.00684. The Hall–Kier alpha value is -2.37. The van der Waals surface area contributed by atoms with Gasteiger partial charge in [0.25, 0.3) is 0 Å². The van der Waals surface area contributed by atoms with Crippen molar-refractivity contribution in [1.82, 2.24) is 0 Å². The number of aliphatic hydroxyl groups excluding tert-OH is 1. The molecule has 2 aromatic carbocycles. The fourth-order valence-electron chi connectivity index (χ4n) is 1.82. The summed E-state index contributed by atoms with van der Waals surface area (Å²) in [5.74, 6) is 0. The molecule has 5 heteroatoms. The van der Waals surface area contributed by atoms with Crippen LogP contribution in [0.5, 0.6) is 0 Å². The Balaban J connectivity index is 1.76. The SMILES string of the molecule is O=C(Nc1ccc(COCCO)cc1)OCc1ccccc1. The van der Waals surface area contributed by atoms with Crippen molar-refractivity contribution in [2.45, 2.75) is 13.2 Å². The zero-order valence-electron chi connectivity index (χ0n) is 12.2. The average Bonchev–Trinajstić information content (AvgIpc) is 2.56. The van der Waals surface area contributed by atoms with Gasteiger partial charge in [-0.05, 0) is 23.3 Å². The van der Waals surface area contributed by atoms with Crippen LogP contribution in [0.2, 0.25) is 0 Å². The van der Waals surface area contributed by atoms with Crippen molar-refractivity contribution in [2.24, 2.45) is 0 Å². The smallest absolute Gasteiger partial charge is 0.411 e. The Bertz CT molecular complexity index is 569. The second-order valence-corrected chi connectivity index (χ2v) is 4.66. The predicted molar refractivity (Wildman–Crippen MR) is 83.4 cm³/mol. The zero-order valence-corrected chi connectivity index (χ0v) is 12.2. The van der Waals surface area contributed by atoms with Gasteiger partial charge in [-0.15, -0.1) is 0 Å². The highest BCUT2D eigenvalue weighted by Crippen LogP contribution is 2.11. The predicted octanol–water partition coefficient (Wildman–Crippen LogP) is 2.94. The Morgan fingerprint density at radius 1 is 0.955 bits per heavy atom. The monoisotopic (exact) mass is 301 g/mol. The van der Waals surface area contributed by atoms with Crippen LogP contribution in [0.15, 0.2) is 54.6 Å². The fraction of sp³-hybridized carbons (Fsp3) is 0.235. The number of hydrogen-bond acceptors (Lipinski definition) is 4. The highest BCUT2D eigenvalue weighted by molar-refractivity contribution is 5.84. The van der Waals surface area contributed by atoms with Crippen LogP contribution in [0, 0.1) is 0 Å². The van der Waals surface area contributed by atoms with Gasteiger partial charge >= 0.3 is 6.09 Å². The quantitative estimate of drug-likeness (QED) is 0.772. The number of carbonyl (C=O) groups excluding carboxylic acids is 1. The van der Waals surface area contributed by atoms with Crippen LogP contribution in [0.4, 0.5) is 10.5 Å². The van der Waals surface area contributed by atoms with Gasteiger partial charge < -0.3 is 14.6 Å². The number of aliphatic hydroxyl groups is 1. The Morgan fingerprint density at radius 3 is 2.32 bits per heavy atom. The van der Waals surface area contributed by atoms with Crippen LogP contribution in [-0.2, 0) is 22.7 Å². The maximum absolute atomic E-state index is 11.7. The van der Waals surface area contributed by atoms with Crippen molar-refractivity contribution in [3.63, 3.8) is 0 Å². The molecule has 0 saturated carbocycles. The van der Waals surface area contributed by atoms with Gasteiger partial charge in [-0.3, -0.25) is 5.32 Å². The van der Waals surface area contributed by atoms with E-state index in [1.807, 2.05) is 42.5 Å². The summed E-state index contributed by atoms with van der Waals surface area (Å²) in [6.07, 6.45) is -0.492. The molecule has 0 spiro atoms. The summed E-state index contributed by atoms with van der Waals surface area (Å²) in [5.41, 5.74) is 2.56. The van der Waals surface area contributed by atoms with Gasteiger partial charge in [0, 0.05) is 5.69 Å². The number of nitrogens with one attached hydrogen (secondary N) is 1. The Morgan fingerprint density at radius 2 is 1.64 bits per heavy atom. The van der Waals surface area contributed by atoms with Crippen LogP contribution in [-0.4, -0.2) is 24.4 Å². The first kappa shape index (κ1) is 16.0. The third-order valence-corrected chi connectivity index (χ3v) is 2.92. The van der Waals surface area contributed by atoms with Gasteiger partial charge in [0.1, 0.15) is 6.61 Å². The molecular weight excluding hydrogens is 282 g/mol. The van der Waals surface area contributed by atoms with Crippen molar-refractivity contribution in [3.8, 4) is 0 Å². The normalized spacial score (nSPS) is 10.2. The Labute approximate surface area is 129 Å². The van der Waals surface area contributed by atoms with Crippen LogP contribution in [0.3, 0.4) is 0 Å². The summed E-state index contributed by atoms with van der Waals surface area (Å²) in [6, 6.07) is 16.8. The number of carbonyl (C=O) groups is 1. The molecule has 116 valence electrons. The zero-order chi connectivity index (χ0) is 15.6. The van der Waals surface area contributed by atoms with E-state index >= 15 is 0 Å². The van der Waals surface area contributed by atoms with E-state index < -0.39 is 6.09 Å². The molecule has 2 aromatic rings. The van der Waals surface area contributed by atoms with Crippen LogP contribution >= 0.6 is 0 Å². The topological polar surface area (TPSA) is 67.8 Å². The minimum atomic E-state index is -0.492. The largest absolute Gasteiger partial charge is 0.444 e.